The highest BCUT2D eigenvalue weighted by atomic mass is 32.2. The monoisotopic (exact) mass is 362 g/mol. The number of nitrogen functional groups attached to an aromatic ring is 1. The van der Waals surface area contributed by atoms with E-state index in [0.717, 1.165) is 33.2 Å². The van der Waals surface area contributed by atoms with Gasteiger partial charge in [0.05, 0.1) is 22.4 Å². The molecule has 25 heavy (non-hydrogen) atoms. The van der Waals surface area contributed by atoms with Crippen LogP contribution in [0.15, 0.2) is 34.6 Å². The quantitative estimate of drug-likeness (QED) is 0.466. The van der Waals surface area contributed by atoms with E-state index in [-0.39, 0.29) is 0 Å². The second-order valence-electron chi connectivity index (χ2n) is 5.70. The minimum atomic E-state index is -0.970. The number of methoxy groups -OCH3 is 3. The highest BCUT2D eigenvalue weighted by molar-refractivity contribution is 7.99. The number of aliphatic imine (C=N–C) groups is 1. The first-order chi connectivity index (χ1) is 12.0. The summed E-state index contributed by atoms with van der Waals surface area (Å²) < 4.78 is 16.6. The van der Waals surface area contributed by atoms with Gasteiger partial charge in [-0.25, -0.2) is 4.98 Å². The van der Waals surface area contributed by atoms with Crippen molar-refractivity contribution < 1.29 is 14.2 Å². The molecule has 8 heteroatoms. The summed E-state index contributed by atoms with van der Waals surface area (Å²) in [6, 6.07) is 3.93. The average Bonchev–Trinajstić information content (AvgIpc) is 3.06. The largest absolute Gasteiger partial charge is 0.397 e. The number of aryl methyl sites for hydroxylation is 1. The Morgan fingerprint density at radius 2 is 2.04 bits per heavy atom. The van der Waals surface area contributed by atoms with E-state index in [2.05, 4.69) is 15.0 Å². The van der Waals surface area contributed by atoms with E-state index in [1.807, 2.05) is 19.1 Å². The lowest BCUT2D eigenvalue weighted by Gasteiger charge is -2.36. The maximum absolute atomic E-state index is 6.12. The first kappa shape index (κ1) is 17.9. The zero-order valence-electron chi connectivity index (χ0n) is 14.7. The molecule has 3 rings (SSSR count). The summed E-state index contributed by atoms with van der Waals surface area (Å²) in [5.74, 6) is -0.391. The number of rotatable bonds is 6. The van der Waals surface area contributed by atoms with Crippen LogP contribution in [0.3, 0.4) is 0 Å². The number of nitrogens with zero attached hydrogens (tertiary/aromatic N) is 2. The first-order valence-electron chi connectivity index (χ1n) is 7.79. The fourth-order valence-corrected chi connectivity index (χ4v) is 3.71. The molecule has 1 aliphatic heterocycles. The number of benzene rings is 1. The number of nitrogens with one attached hydrogen (secondary N) is 1. The average molecular weight is 362 g/mol. The van der Waals surface area contributed by atoms with Crippen molar-refractivity contribution in [2.75, 3.05) is 32.8 Å². The van der Waals surface area contributed by atoms with Crippen molar-refractivity contribution in [1.82, 2.24) is 9.97 Å². The molecular weight excluding hydrogens is 340 g/mol. The fourth-order valence-electron chi connectivity index (χ4n) is 2.86. The van der Waals surface area contributed by atoms with Gasteiger partial charge < -0.3 is 24.9 Å². The third kappa shape index (κ3) is 3.18. The predicted octanol–water partition coefficient (Wildman–Crippen LogP) is 2.52. The lowest BCUT2D eigenvalue weighted by molar-refractivity contribution is -0.215. The van der Waals surface area contributed by atoms with Gasteiger partial charge in [-0.2, -0.15) is 0 Å². The Balaban J connectivity index is 1.80. The van der Waals surface area contributed by atoms with Gasteiger partial charge in [-0.05, 0) is 24.6 Å². The molecule has 0 amide bonds. The number of ether oxygens (including phenoxy) is 3. The Labute approximate surface area is 150 Å². The van der Waals surface area contributed by atoms with E-state index in [1.165, 1.54) is 11.8 Å². The van der Waals surface area contributed by atoms with Crippen molar-refractivity contribution >= 4 is 34.2 Å². The normalized spacial score (nSPS) is 19.4. The molecule has 0 radical (unpaired) electrons. The van der Waals surface area contributed by atoms with Crippen LogP contribution in [0.5, 0.6) is 0 Å². The van der Waals surface area contributed by atoms with Crippen LogP contribution in [0.25, 0.3) is 11.0 Å². The van der Waals surface area contributed by atoms with Gasteiger partial charge in [-0.15, -0.1) is 0 Å². The Morgan fingerprint density at radius 1 is 1.28 bits per heavy atom. The Kier molecular flexibility index (Phi) is 5.14. The molecule has 1 aromatic carbocycles. The SMILES string of the molecule is COC1C(CSc2nc3ccc(C)c(N)c3[nH]2)=NC=CC1(OC)OC. The minimum Gasteiger partial charge on any atom is -0.397 e. The van der Waals surface area contributed by atoms with Gasteiger partial charge in [0.1, 0.15) is 0 Å². The number of aromatic nitrogens is 2. The third-order valence-electron chi connectivity index (χ3n) is 4.34. The number of hydrogen-bond acceptors (Lipinski definition) is 7. The van der Waals surface area contributed by atoms with Crippen molar-refractivity contribution in [3.05, 3.63) is 30.0 Å². The molecule has 1 unspecified atom stereocenters. The second kappa shape index (κ2) is 7.17. The molecule has 0 aliphatic carbocycles. The zero-order valence-corrected chi connectivity index (χ0v) is 15.5. The van der Waals surface area contributed by atoms with Crippen LogP contribution < -0.4 is 5.73 Å². The van der Waals surface area contributed by atoms with Crippen molar-refractivity contribution in [3.8, 4) is 0 Å². The van der Waals surface area contributed by atoms with E-state index in [0.29, 0.717) is 5.75 Å². The first-order valence-corrected chi connectivity index (χ1v) is 8.78. The summed E-state index contributed by atoms with van der Waals surface area (Å²) in [7, 11) is 4.78. The Morgan fingerprint density at radius 3 is 2.72 bits per heavy atom. The topological polar surface area (TPSA) is 94.8 Å². The Bertz CT molecular complexity index is 827. The molecular formula is C17H22N4O3S. The van der Waals surface area contributed by atoms with Gasteiger partial charge in [0.2, 0.25) is 5.79 Å². The van der Waals surface area contributed by atoms with Gasteiger partial charge in [-0.3, -0.25) is 4.99 Å². The molecule has 2 aromatic rings. The molecule has 134 valence electrons. The molecule has 0 saturated carbocycles. The lowest BCUT2D eigenvalue weighted by atomic mass is 10.0. The maximum Gasteiger partial charge on any atom is 0.221 e. The van der Waals surface area contributed by atoms with Gasteiger partial charge >= 0.3 is 0 Å². The summed E-state index contributed by atoms with van der Waals surface area (Å²) in [4.78, 5) is 12.3. The van der Waals surface area contributed by atoms with Crippen molar-refractivity contribution in [2.45, 2.75) is 24.0 Å². The number of fused-ring (bicyclic) bond motifs is 1. The molecule has 1 aromatic heterocycles. The summed E-state index contributed by atoms with van der Waals surface area (Å²) in [5, 5.41) is 0.778. The molecule has 1 atom stereocenters. The predicted molar refractivity (Wildman–Crippen MR) is 100 cm³/mol. The molecule has 0 fully saturated rings. The van der Waals surface area contributed by atoms with E-state index < -0.39 is 11.9 Å². The number of anilines is 1. The summed E-state index contributed by atoms with van der Waals surface area (Å²) in [6.45, 7) is 1.98. The highest BCUT2D eigenvalue weighted by Gasteiger charge is 2.42. The number of imidazole rings is 1. The second-order valence-corrected chi connectivity index (χ2v) is 6.67. The van der Waals surface area contributed by atoms with Crippen LogP contribution in [-0.2, 0) is 14.2 Å². The standard InChI is InChI=1S/C17H22N4O3S/c1-10-5-6-11-14(13(10)18)21-16(20-11)25-9-12-15(22-2)17(23-3,24-4)7-8-19-12/h5-8,15H,9,18H2,1-4H3,(H,20,21). The molecule has 7 nitrogen and oxygen atoms in total. The van der Waals surface area contributed by atoms with E-state index in [9.17, 15) is 0 Å². The minimum absolute atomic E-state index is 0.434. The van der Waals surface area contributed by atoms with Gasteiger partial charge in [0.25, 0.3) is 0 Å². The number of thioether (sulfide) groups is 1. The molecule has 0 spiro atoms. The fraction of sp³-hybridized carbons (Fsp3) is 0.412. The highest BCUT2D eigenvalue weighted by Crippen LogP contribution is 2.30. The van der Waals surface area contributed by atoms with E-state index in [1.54, 1.807) is 33.6 Å². The summed E-state index contributed by atoms with van der Waals surface area (Å²) in [6.07, 6.45) is 3.00. The molecule has 2 heterocycles. The van der Waals surface area contributed by atoms with E-state index in [4.69, 9.17) is 19.9 Å². The Hall–Kier alpha value is -1.87. The van der Waals surface area contributed by atoms with Crippen LogP contribution in [0.1, 0.15) is 5.56 Å². The summed E-state index contributed by atoms with van der Waals surface area (Å²) in [5.41, 5.74) is 10.4. The van der Waals surface area contributed by atoms with Crippen molar-refractivity contribution in [3.63, 3.8) is 0 Å². The van der Waals surface area contributed by atoms with E-state index >= 15 is 0 Å². The van der Waals surface area contributed by atoms with Crippen LogP contribution in [-0.4, -0.2) is 54.7 Å². The zero-order chi connectivity index (χ0) is 18.0. The number of nitrogens with two attached hydrogens (primary N) is 1. The molecule has 0 saturated heterocycles. The van der Waals surface area contributed by atoms with Gasteiger partial charge in [0.15, 0.2) is 11.3 Å². The van der Waals surface area contributed by atoms with Crippen LogP contribution in [0.4, 0.5) is 5.69 Å². The smallest absolute Gasteiger partial charge is 0.221 e. The van der Waals surface area contributed by atoms with Gasteiger partial charge in [0, 0.05) is 33.3 Å². The summed E-state index contributed by atoms with van der Waals surface area (Å²) >= 11 is 1.53. The maximum atomic E-state index is 6.12. The molecule has 1 aliphatic rings. The van der Waals surface area contributed by atoms with Crippen LogP contribution in [0, 0.1) is 6.92 Å². The van der Waals surface area contributed by atoms with Crippen LogP contribution >= 0.6 is 11.8 Å². The van der Waals surface area contributed by atoms with Crippen molar-refractivity contribution in [1.29, 1.82) is 0 Å². The molecule has 3 N–H and O–H groups in total. The number of aromatic amines is 1. The number of hydrogen-bond donors (Lipinski definition) is 2. The number of H-pyrrole nitrogens is 1. The van der Waals surface area contributed by atoms with Gasteiger partial charge in [-0.1, -0.05) is 17.8 Å². The van der Waals surface area contributed by atoms with Crippen LogP contribution in [0.2, 0.25) is 0 Å². The molecule has 0 bridgehead atoms. The lowest BCUT2D eigenvalue weighted by Crippen LogP contribution is -2.51. The third-order valence-corrected chi connectivity index (χ3v) is 5.25. The van der Waals surface area contributed by atoms with Crippen molar-refractivity contribution in [2.24, 2.45) is 4.99 Å².